The van der Waals surface area contributed by atoms with E-state index < -0.39 is 5.60 Å². The van der Waals surface area contributed by atoms with Crippen LogP contribution in [0.2, 0.25) is 0 Å². The zero-order valence-corrected chi connectivity index (χ0v) is 10.7. The van der Waals surface area contributed by atoms with E-state index >= 15 is 0 Å². The highest BCUT2D eigenvalue weighted by molar-refractivity contribution is 5.18. The largest absolute Gasteiger partial charge is 0.396 e. The number of hydrogen-bond donors (Lipinski definition) is 3. The van der Waals surface area contributed by atoms with Gasteiger partial charge >= 0.3 is 0 Å². The lowest BCUT2D eigenvalue weighted by Gasteiger charge is -2.24. The lowest BCUT2D eigenvalue weighted by molar-refractivity contribution is 0.0756. The average Bonchev–Trinajstić information content (AvgIpc) is 2.29. The fourth-order valence-corrected chi connectivity index (χ4v) is 1.74. The van der Waals surface area contributed by atoms with E-state index in [4.69, 9.17) is 5.11 Å². The molecule has 0 aromatic heterocycles. The standard InChI is InChI=1S/C14H23NO2/c1-14(2,17)11-15-13(9-6-10-16)12-7-4-3-5-8-12/h3-5,7-8,13,15-17H,6,9-11H2,1-2H3. The van der Waals surface area contributed by atoms with Crippen molar-refractivity contribution in [2.75, 3.05) is 13.2 Å². The first-order valence-electron chi connectivity index (χ1n) is 6.14. The summed E-state index contributed by atoms with van der Waals surface area (Å²) in [7, 11) is 0. The van der Waals surface area contributed by atoms with Gasteiger partial charge in [0.1, 0.15) is 0 Å². The zero-order valence-electron chi connectivity index (χ0n) is 10.7. The highest BCUT2D eigenvalue weighted by Gasteiger charge is 2.16. The second kappa shape index (κ2) is 6.74. The van der Waals surface area contributed by atoms with Crippen molar-refractivity contribution in [1.82, 2.24) is 5.32 Å². The lowest BCUT2D eigenvalue weighted by atomic mass is 10.0. The third kappa shape index (κ3) is 5.82. The van der Waals surface area contributed by atoms with Gasteiger partial charge in [-0.3, -0.25) is 0 Å². The molecule has 0 fully saturated rings. The van der Waals surface area contributed by atoms with Crippen LogP contribution >= 0.6 is 0 Å². The molecular weight excluding hydrogens is 214 g/mol. The maximum Gasteiger partial charge on any atom is 0.0715 e. The molecule has 1 aromatic rings. The van der Waals surface area contributed by atoms with Crippen molar-refractivity contribution in [1.29, 1.82) is 0 Å². The summed E-state index contributed by atoms with van der Waals surface area (Å²) in [6.45, 7) is 4.31. The number of aliphatic hydroxyl groups excluding tert-OH is 1. The Labute approximate surface area is 103 Å². The molecule has 96 valence electrons. The first-order valence-corrected chi connectivity index (χ1v) is 6.14. The normalized spacial score (nSPS) is 13.6. The van der Waals surface area contributed by atoms with Crippen LogP contribution in [0.5, 0.6) is 0 Å². The van der Waals surface area contributed by atoms with Crippen LogP contribution < -0.4 is 5.32 Å². The Morgan fingerprint density at radius 1 is 1.24 bits per heavy atom. The van der Waals surface area contributed by atoms with Gasteiger partial charge in [-0.25, -0.2) is 0 Å². The van der Waals surface area contributed by atoms with Gasteiger partial charge in [-0.2, -0.15) is 0 Å². The molecule has 1 rings (SSSR count). The van der Waals surface area contributed by atoms with Crippen molar-refractivity contribution in [2.45, 2.75) is 38.3 Å². The van der Waals surface area contributed by atoms with E-state index in [9.17, 15) is 5.11 Å². The molecule has 3 heteroatoms. The second-order valence-corrected chi connectivity index (χ2v) is 5.02. The van der Waals surface area contributed by atoms with Crippen molar-refractivity contribution < 1.29 is 10.2 Å². The van der Waals surface area contributed by atoms with Crippen molar-refractivity contribution in [3.8, 4) is 0 Å². The van der Waals surface area contributed by atoms with Crippen LogP contribution in [0.1, 0.15) is 38.3 Å². The SMILES string of the molecule is CC(C)(O)CNC(CCCO)c1ccccc1. The number of rotatable bonds is 7. The van der Waals surface area contributed by atoms with Crippen molar-refractivity contribution in [3.63, 3.8) is 0 Å². The molecule has 3 nitrogen and oxygen atoms in total. The van der Waals surface area contributed by atoms with Gasteiger partial charge in [-0.1, -0.05) is 30.3 Å². The van der Waals surface area contributed by atoms with Crippen LogP contribution in [-0.4, -0.2) is 29.0 Å². The Kier molecular flexibility index (Phi) is 5.62. The Balaban J connectivity index is 2.61. The van der Waals surface area contributed by atoms with E-state index in [1.54, 1.807) is 13.8 Å². The maximum absolute atomic E-state index is 9.73. The maximum atomic E-state index is 9.73. The fourth-order valence-electron chi connectivity index (χ4n) is 1.74. The molecular formula is C14H23NO2. The summed E-state index contributed by atoms with van der Waals surface area (Å²) in [5.74, 6) is 0. The predicted molar refractivity (Wildman–Crippen MR) is 69.8 cm³/mol. The molecule has 1 aromatic carbocycles. The molecule has 17 heavy (non-hydrogen) atoms. The zero-order chi connectivity index (χ0) is 12.7. The predicted octanol–water partition coefficient (Wildman–Crippen LogP) is 1.86. The molecule has 0 saturated carbocycles. The molecule has 0 saturated heterocycles. The summed E-state index contributed by atoms with van der Waals surface area (Å²) in [6.07, 6.45) is 1.63. The second-order valence-electron chi connectivity index (χ2n) is 5.02. The summed E-state index contributed by atoms with van der Waals surface area (Å²) in [5, 5.41) is 22.0. The molecule has 0 aliphatic carbocycles. The number of aliphatic hydroxyl groups is 2. The molecule has 0 aliphatic rings. The first kappa shape index (κ1) is 14.2. The van der Waals surface area contributed by atoms with Crippen LogP contribution in [0, 0.1) is 0 Å². The van der Waals surface area contributed by atoms with Gasteiger partial charge in [-0.05, 0) is 32.3 Å². The first-order chi connectivity index (χ1) is 8.03. The fraction of sp³-hybridized carbons (Fsp3) is 0.571. The number of nitrogens with one attached hydrogen (secondary N) is 1. The van der Waals surface area contributed by atoms with Gasteiger partial charge in [0.15, 0.2) is 0 Å². The van der Waals surface area contributed by atoms with Crippen molar-refractivity contribution in [2.24, 2.45) is 0 Å². The van der Waals surface area contributed by atoms with Crippen molar-refractivity contribution in [3.05, 3.63) is 35.9 Å². The van der Waals surface area contributed by atoms with E-state index in [0.29, 0.717) is 6.54 Å². The molecule has 0 spiro atoms. The summed E-state index contributed by atoms with van der Waals surface area (Å²) < 4.78 is 0. The van der Waals surface area contributed by atoms with Crippen LogP contribution in [0.4, 0.5) is 0 Å². The summed E-state index contributed by atoms with van der Waals surface area (Å²) in [6, 6.07) is 10.3. The minimum atomic E-state index is -0.716. The Morgan fingerprint density at radius 2 is 1.88 bits per heavy atom. The Hall–Kier alpha value is -0.900. The van der Waals surface area contributed by atoms with E-state index in [0.717, 1.165) is 12.8 Å². The smallest absolute Gasteiger partial charge is 0.0715 e. The Bertz CT molecular complexity index is 306. The van der Waals surface area contributed by atoms with Gasteiger partial charge in [-0.15, -0.1) is 0 Å². The van der Waals surface area contributed by atoms with Gasteiger partial charge < -0.3 is 15.5 Å². The number of hydrogen-bond acceptors (Lipinski definition) is 3. The minimum absolute atomic E-state index is 0.190. The van der Waals surface area contributed by atoms with Crippen LogP contribution in [-0.2, 0) is 0 Å². The van der Waals surface area contributed by atoms with Gasteiger partial charge in [0, 0.05) is 19.2 Å². The molecule has 0 bridgehead atoms. The molecule has 0 heterocycles. The van der Waals surface area contributed by atoms with Gasteiger partial charge in [0.2, 0.25) is 0 Å². The monoisotopic (exact) mass is 237 g/mol. The topological polar surface area (TPSA) is 52.5 Å². The van der Waals surface area contributed by atoms with E-state index in [2.05, 4.69) is 17.4 Å². The third-order valence-electron chi connectivity index (χ3n) is 2.63. The molecule has 1 unspecified atom stereocenters. The van der Waals surface area contributed by atoms with Crippen LogP contribution in [0.3, 0.4) is 0 Å². The molecule has 3 N–H and O–H groups in total. The average molecular weight is 237 g/mol. The van der Waals surface area contributed by atoms with E-state index in [-0.39, 0.29) is 12.6 Å². The minimum Gasteiger partial charge on any atom is -0.396 e. The molecule has 0 amide bonds. The van der Waals surface area contributed by atoms with E-state index in [1.807, 2.05) is 18.2 Å². The van der Waals surface area contributed by atoms with E-state index in [1.165, 1.54) is 5.56 Å². The van der Waals surface area contributed by atoms with Crippen molar-refractivity contribution >= 4 is 0 Å². The number of benzene rings is 1. The summed E-state index contributed by atoms with van der Waals surface area (Å²) in [5.41, 5.74) is 0.483. The molecule has 0 radical (unpaired) electrons. The highest BCUT2D eigenvalue weighted by Crippen LogP contribution is 2.18. The van der Waals surface area contributed by atoms with Gasteiger partial charge in [0.25, 0.3) is 0 Å². The summed E-state index contributed by atoms with van der Waals surface area (Å²) >= 11 is 0. The quantitative estimate of drug-likeness (QED) is 0.678. The molecule has 0 aliphatic heterocycles. The Morgan fingerprint density at radius 3 is 2.41 bits per heavy atom. The third-order valence-corrected chi connectivity index (χ3v) is 2.63. The van der Waals surface area contributed by atoms with Crippen LogP contribution in [0.15, 0.2) is 30.3 Å². The highest BCUT2D eigenvalue weighted by atomic mass is 16.3. The summed E-state index contributed by atoms with van der Waals surface area (Å²) in [4.78, 5) is 0. The van der Waals surface area contributed by atoms with Gasteiger partial charge in [0.05, 0.1) is 5.60 Å². The lowest BCUT2D eigenvalue weighted by Crippen LogP contribution is -2.37. The molecule has 1 atom stereocenters. The van der Waals surface area contributed by atoms with Crippen LogP contribution in [0.25, 0.3) is 0 Å².